The number of hydrazine groups is 1. The van der Waals surface area contributed by atoms with Gasteiger partial charge in [-0.25, -0.2) is 15.8 Å². The van der Waals surface area contributed by atoms with E-state index in [1.807, 2.05) is 11.4 Å². The van der Waals surface area contributed by atoms with Gasteiger partial charge in [-0.3, -0.25) is 4.90 Å². The average molecular weight is 302 g/mol. The summed E-state index contributed by atoms with van der Waals surface area (Å²) in [5.74, 6) is 7.98. The molecule has 21 heavy (non-hydrogen) atoms. The van der Waals surface area contributed by atoms with E-state index in [4.69, 9.17) is 5.84 Å². The lowest BCUT2D eigenvalue weighted by Crippen LogP contribution is -2.33. The number of nitrogens with zero attached hydrogens (tertiary/aromatic N) is 6. The summed E-state index contributed by atoms with van der Waals surface area (Å²) < 4.78 is 2.08. The quantitative estimate of drug-likeness (QED) is 0.539. The third-order valence-electron chi connectivity index (χ3n) is 3.59. The molecule has 3 aromatic heterocycles. The summed E-state index contributed by atoms with van der Waals surface area (Å²) in [7, 11) is 0. The van der Waals surface area contributed by atoms with Crippen LogP contribution in [-0.4, -0.2) is 36.2 Å². The van der Waals surface area contributed by atoms with Crippen molar-refractivity contribution in [2.24, 2.45) is 5.84 Å². The van der Waals surface area contributed by atoms with Gasteiger partial charge in [0.15, 0.2) is 5.82 Å². The van der Waals surface area contributed by atoms with Gasteiger partial charge in [-0.1, -0.05) is 0 Å². The highest BCUT2D eigenvalue weighted by Gasteiger charge is 2.19. The van der Waals surface area contributed by atoms with Crippen LogP contribution >= 0.6 is 11.3 Å². The van der Waals surface area contributed by atoms with Crippen LogP contribution in [0.1, 0.15) is 11.6 Å². The van der Waals surface area contributed by atoms with E-state index in [-0.39, 0.29) is 0 Å². The Morgan fingerprint density at radius 3 is 3.19 bits per heavy atom. The fourth-order valence-electron chi connectivity index (χ4n) is 2.53. The summed E-state index contributed by atoms with van der Waals surface area (Å²) in [5.41, 5.74) is 2.66. The maximum atomic E-state index is 5.56. The first-order valence-electron chi connectivity index (χ1n) is 6.63. The van der Waals surface area contributed by atoms with Crippen molar-refractivity contribution in [1.29, 1.82) is 0 Å². The van der Waals surface area contributed by atoms with Crippen LogP contribution in [0.25, 0.3) is 10.2 Å². The lowest BCUT2D eigenvalue weighted by molar-refractivity contribution is 0.204. The van der Waals surface area contributed by atoms with Crippen molar-refractivity contribution in [3.63, 3.8) is 0 Å². The molecular weight excluding hydrogens is 288 g/mol. The first kappa shape index (κ1) is 12.6. The van der Waals surface area contributed by atoms with Crippen LogP contribution in [0, 0.1) is 0 Å². The van der Waals surface area contributed by atoms with Gasteiger partial charge in [0.1, 0.15) is 22.8 Å². The van der Waals surface area contributed by atoms with Crippen LogP contribution in [0.5, 0.6) is 0 Å². The number of hydrogen-bond acceptors (Lipinski definition) is 8. The minimum Gasteiger partial charge on any atom is -0.315 e. The highest BCUT2D eigenvalue weighted by molar-refractivity contribution is 7.16. The second-order valence-corrected chi connectivity index (χ2v) is 5.82. The summed E-state index contributed by atoms with van der Waals surface area (Å²) in [6, 6.07) is 1.97. The van der Waals surface area contributed by atoms with Crippen molar-refractivity contribution in [3.05, 3.63) is 29.4 Å². The van der Waals surface area contributed by atoms with E-state index in [0.717, 1.165) is 41.5 Å². The van der Waals surface area contributed by atoms with Gasteiger partial charge in [-0.05, 0) is 11.4 Å². The molecule has 1 aliphatic rings. The molecule has 3 aromatic rings. The molecule has 4 heterocycles. The molecule has 0 bridgehead atoms. The van der Waals surface area contributed by atoms with Crippen molar-refractivity contribution in [1.82, 2.24) is 29.6 Å². The fraction of sp³-hybridized carbons (Fsp3) is 0.333. The molecule has 3 N–H and O–H groups in total. The largest absolute Gasteiger partial charge is 0.315 e. The van der Waals surface area contributed by atoms with Crippen molar-refractivity contribution < 1.29 is 0 Å². The Morgan fingerprint density at radius 1 is 1.33 bits per heavy atom. The van der Waals surface area contributed by atoms with Crippen LogP contribution in [0.4, 0.5) is 5.82 Å². The zero-order valence-electron chi connectivity index (χ0n) is 11.2. The van der Waals surface area contributed by atoms with Crippen LogP contribution in [0.15, 0.2) is 17.8 Å². The molecule has 1 aliphatic heterocycles. The minimum atomic E-state index is 0.676. The molecule has 0 spiro atoms. The number of nitrogens with two attached hydrogens (primary N) is 1. The third kappa shape index (κ3) is 2.24. The number of thiophene rings is 1. The number of fused-ring (bicyclic) bond motifs is 2. The normalized spacial score (nSPS) is 15.3. The molecule has 0 aliphatic carbocycles. The third-order valence-corrected chi connectivity index (χ3v) is 4.40. The number of aromatic nitrogens is 5. The summed E-state index contributed by atoms with van der Waals surface area (Å²) in [4.78, 5) is 12.3. The van der Waals surface area contributed by atoms with Crippen LogP contribution < -0.4 is 11.3 Å². The lowest BCUT2D eigenvalue weighted by atomic mass is 10.3. The van der Waals surface area contributed by atoms with Gasteiger partial charge in [0, 0.05) is 13.1 Å². The van der Waals surface area contributed by atoms with Crippen molar-refractivity contribution in [2.45, 2.75) is 19.6 Å². The predicted octanol–water partition coefficient (Wildman–Crippen LogP) is 0.584. The lowest BCUT2D eigenvalue weighted by Gasteiger charge is -2.26. The Balaban J connectivity index is 1.60. The van der Waals surface area contributed by atoms with E-state index in [1.165, 1.54) is 0 Å². The monoisotopic (exact) mass is 302 g/mol. The Labute approximate surface area is 124 Å². The molecule has 108 valence electrons. The van der Waals surface area contributed by atoms with E-state index in [9.17, 15) is 0 Å². The molecule has 0 fully saturated rings. The van der Waals surface area contributed by atoms with Crippen LogP contribution in [0.2, 0.25) is 0 Å². The fourth-order valence-corrected chi connectivity index (χ4v) is 3.31. The topological polar surface area (TPSA) is 97.8 Å². The van der Waals surface area contributed by atoms with Crippen LogP contribution in [-0.2, 0) is 19.6 Å². The number of anilines is 1. The van der Waals surface area contributed by atoms with Crippen LogP contribution in [0.3, 0.4) is 0 Å². The Morgan fingerprint density at radius 2 is 2.29 bits per heavy atom. The number of hydrogen-bond donors (Lipinski definition) is 2. The van der Waals surface area contributed by atoms with Gasteiger partial charge in [0.25, 0.3) is 0 Å². The highest BCUT2D eigenvalue weighted by Crippen LogP contribution is 2.25. The van der Waals surface area contributed by atoms with E-state index in [2.05, 4.69) is 35.1 Å². The molecule has 0 saturated heterocycles. The summed E-state index contributed by atoms with van der Waals surface area (Å²) in [6.07, 6.45) is 1.78. The van der Waals surface area contributed by atoms with E-state index in [1.54, 1.807) is 17.7 Å². The minimum absolute atomic E-state index is 0.676. The number of nitrogen functional groups attached to an aromatic ring is 1. The zero-order chi connectivity index (χ0) is 14.2. The smallest absolute Gasteiger partial charge is 0.152 e. The van der Waals surface area contributed by atoms with Gasteiger partial charge >= 0.3 is 0 Å². The first-order valence-corrected chi connectivity index (χ1v) is 7.51. The molecule has 8 nitrogen and oxygen atoms in total. The summed E-state index contributed by atoms with van der Waals surface area (Å²) in [6.45, 7) is 3.26. The molecule has 9 heteroatoms. The highest BCUT2D eigenvalue weighted by atomic mass is 32.1. The predicted molar refractivity (Wildman–Crippen MR) is 79.4 cm³/mol. The molecule has 0 radical (unpaired) electrons. The second kappa shape index (κ2) is 5.02. The molecule has 0 amide bonds. The molecule has 0 aromatic carbocycles. The van der Waals surface area contributed by atoms with Gasteiger partial charge in [-0.2, -0.15) is 0 Å². The number of nitrogens with one attached hydrogen (secondary N) is 1. The average Bonchev–Trinajstić information content (AvgIpc) is 3.14. The standard InChI is InChI=1S/C12H14N8S/c13-17-11-8-1-4-21-12(8)16-9(15-11)5-19-2-3-20-7-14-18-10(20)6-19/h1,4,7H,2-3,5-6,13H2,(H,15,16,17). The van der Waals surface area contributed by atoms with Gasteiger partial charge < -0.3 is 9.99 Å². The van der Waals surface area contributed by atoms with Crippen molar-refractivity contribution in [3.8, 4) is 0 Å². The van der Waals surface area contributed by atoms with E-state index < -0.39 is 0 Å². The molecule has 0 atom stereocenters. The maximum Gasteiger partial charge on any atom is 0.152 e. The van der Waals surface area contributed by atoms with Gasteiger partial charge in [0.2, 0.25) is 0 Å². The van der Waals surface area contributed by atoms with Crippen molar-refractivity contribution >= 4 is 27.4 Å². The molecule has 4 rings (SSSR count). The van der Waals surface area contributed by atoms with Crippen molar-refractivity contribution in [2.75, 3.05) is 12.0 Å². The van der Waals surface area contributed by atoms with Gasteiger partial charge in [0.05, 0.1) is 18.5 Å². The summed E-state index contributed by atoms with van der Waals surface area (Å²) >= 11 is 1.59. The Hall–Kier alpha value is -2.10. The molecule has 0 unspecified atom stereocenters. The Kier molecular flexibility index (Phi) is 3.02. The van der Waals surface area contributed by atoms with E-state index in [0.29, 0.717) is 12.4 Å². The second-order valence-electron chi connectivity index (χ2n) is 4.92. The van der Waals surface area contributed by atoms with E-state index >= 15 is 0 Å². The first-order chi connectivity index (χ1) is 10.3. The Bertz CT molecular complexity index is 779. The number of rotatable bonds is 3. The molecular formula is C12H14N8S. The summed E-state index contributed by atoms with van der Waals surface area (Å²) in [5, 5.41) is 11.0. The molecule has 0 saturated carbocycles. The van der Waals surface area contributed by atoms with Gasteiger partial charge in [-0.15, -0.1) is 21.5 Å². The SMILES string of the molecule is NNc1nc(CN2CCn3cnnc3C2)nc2sccc12. The maximum absolute atomic E-state index is 5.56. The zero-order valence-corrected chi connectivity index (χ0v) is 12.0.